The highest BCUT2D eigenvalue weighted by Crippen LogP contribution is 2.31. The van der Waals surface area contributed by atoms with Crippen molar-refractivity contribution in [2.45, 2.75) is 65.6 Å². The predicted octanol–water partition coefficient (Wildman–Crippen LogP) is 2.39. The van der Waals surface area contributed by atoms with Gasteiger partial charge in [0.1, 0.15) is 18.6 Å². The van der Waals surface area contributed by atoms with Crippen molar-refractivity contribution < 1.29 is 52.4 Å². The number of nitrogens with zero attached hydrogens (tertiary/aromatic N) is 1. The zero-order valence-electron chi connectivity index (χ0n) is 24.9. The van der Waals surface area contributed by atoms with E-state index < -0.39 is 72.8 Å². The number of carbonyl (C=O) groups excluding carboxylic acids is 5. The van der Waals surface area contributed by atoms with Gasteiger partial charge in [-0.05, 0) is 18.9 Å². The van der Waals surface area contributed by atoms with Crippen LogP contribution in [-0.4, -0.2) is 73.0 Å². The van der Waals surface area contributed by atoms with Gasteiger partial charge < -0.3 is 33.7 Å². The summed E-state index contributed by atoms with van der Waals surface area (Å²) in [5.41, 5.74) is 0.480. The van der Waals surface area contributed by atoms with Gasteiger partial charge in [-0.15, -0.1) is 0 Å². The van der Waals surface area contributed by atoms with Gasteiger partial charge in [0.25, 0.3) is 5.91 Å². The van der Waals surface area contributed by atoms with Gasteiger partial charge in [-0.1, -0.05) is 44.2 Å². The van der Waals surface area contributed by atoms with Crippen molar-refractivity contribution in [3.8, 4) is 11.5 Å². The van der Waals surface area contributed by atoms with Gasteiger partial charge in [-0.2, -0.15) is 0 Å². The largest absolute Gasteiger partial charge is 0.493 e. The predicted molar refractivity (Wildman–Crippen MR) is 149 cm³/mol. The minimum absolute atomic E-state index is 0.106. The fourth-order valence-electron chi connectivity index (χ4n) is 4.27. The van der Waals surface area contributed by atoms with Crippen LogP contribution in [0.2, 0.25) is 0 Å². The van der Waals surface area contributed by atoms with Crippen LogP contribution in [0, 0.1) is 11.8 Å². The molecule has 1 aromatic heterocycles. The zero-order chi connectivity index (χ0) is 31.7. The van der Waals surface area contributed by atoms with Crippen LogP contribution >= 0.6 is 0 Å². The monoisotopic (exact) mass is 600 g/mol. The van der Waals surface area contributed by atoms with Crippen LogP contribution < -0.4 is 14.8 Å². The van der Waals surface area contributed by atoms with Crippen molar-refractivity contribution in [2.75, 3.05) is 13.7 Å². The molecule has 0 saturated carbocycles. The SMILES string of the molecule is COc1ccnc(C(=O)N[C@H]2COC(=O)[C@H](Cc3ccccc3)C(OC(=O)C(C)C)[C@H](C)OC2=O)c1OC(C)OC(C)=O. The molecule has 1 saturated heterocycles. The van der Waals surface area contributed by atoms with Crippen molar-refractivity contribution in [3.05, 3.63) is 53.9 Å². The van der Waals surface area contributed by atoms with E-state index in [4.69, 9.17) is 28.4 Å². The first kappa shape index (κ1) is 32.8. The number of hydrogen-bond donors (Lipinski definition) is 1. The maximum Gasteiger partial charge on any atom is 0.332 e. The Morgan fingerprint density at radius 2 is 1.77 bits per heavy atom. The Bertz CT molecular complexity index is 1310. The molecular formula is C30H36N2O11. The summed E-state index contributed by atoms with van der Waals surface area (Å²) in [6, 6.07) is 9.02. The molecule has 2 heterocycles. The highest BCUT2D eigenvalue weighted by atomic mass is 16.7. The topological polar surface area (TPSA) is 166 Å². The minimum atomic E-state index is -1.46. The average molecular weight is 601 g/mol. The van der Waals surface area contributed by atoms with E-state index in [1.165, 1.54) is 40.1 Å². The fraction of sp³-hybridized carbons (Fsp3) is 0.467. The molecule has 1 fully saturated rings. The molecule has 0 radical (unpaired) electrons. The molecule has 5 atom stereocenters. The van der Waals surface area contributed by atoms with Crippen LogP contribution in [0.15, 0.2) is 42.6 Å². The highest BCUT2D eigenvalue weighted by molar-refractivity contribution is 5.98. The molecule has 1 N–H and O–H groups in total. The Hall–Kier alpha value is -4.68. The summed E-state index contributed by atoms with van der Waals surface area (Å²) in [5.74, 6) is -5.33. The van der Waals surface area contributed by atoms with Gasteiger partial charge in [0.2, 0.25) is 6.29 Å². The third-order valence-electron chi connectivity index (χ3n) is 6.39. The van der Waals surface area contributed by atoms with Gasteiger partial charge in [0.15, 0.2) is 29.3 Å². The molecule has 0 aliphatic carbocycles. The van der Waals surface area contributed by atoms with E-state index >= 15 is 0 Å². The van der Waals surface area contributed by atoms with Crippen molar-refractivity contribution in [1.29, 1.82) is 0 Å². The lowest BCUT2D eigenvalue weighted by Crippen LogP contribution is -2.47. The summed E-state index contributed by atoms with van der Waals surface area (Å²) in [4.78, 5) is 68.0. The third kappa shape index (κ3) is 8.90. The summed E-state index contributed by atoms with van der Waals surface area (Å²) in [6.07, 6.45) is -1.92. The summed E-state index contributed by atoms with van der Waals surface area (Å²) in [7, 11) is 1.34. The number of nitrogens with one attached hydrogen (secondary N) is 1. The molecule has 1 aliphatic heterocycles. The Balaban J connectivity index is 1.89. The maximum absolute atomic E-state index is 13.4. The quantitative estimate of drug-likeness (QED) is 0.241. The lowest BCUT2D eigenvalue weighted by atomic mass is 9.91. The number of ether oxygens (including phenoxy) is 6. The van der Waals surface area contributed by atoms with E-state index in [2.05, 4.69) is 10.3 Å². The van der Waals surface area contributed by atoms with Gasteiger partial charge >= 0.3 is 23.9 Å². The lowest BCUT2D eigenvalue weighted by molar-refractivity contribution is -0.176. The number of benzene rings is 1. The number of amides is 1. The second-order valence-corrected chi connectivity index (χ2v) is 10.1. The smallest absolute Gasteiger partial charge is 0.332 e. The van der Waals surface area contributed by atoms with E-state index in [0.717, 1.165) is 5.56 Å². The molecule has 13 heteroatoms. The molecular weight excluding hydrogens is 564 g/mol. The van der Waals surface area contributed by atoms with Gasteiger partial charge in [-0.3, -0.25) is 19.2 Å². The standard InChI is InChI=1S/C30H36N2O11/c1-16(2)28(35)43-25-17(3)40-30(37)22(15-39-29(36)21(25)14-20-10-8-7-9-11-20)32-27(34)24-26(23(38-6)12-13-31-24)42-19(5)41-18(4)33/h7-13,16-17,19,21-22,25H,14-15H2,1-6H3,(H,32,34)/t17-,19?,21+,22-,25?/m0/s1. The fourth-order valence-corrected chi connectivity index (χ4v) is 4.27. The van der Waals surface area contributed by atoms with E-state index in [9.17, 15) is 24.0 Å². The maximum atomic E-state index is 13.4. The van der Waals surface area contributed by atoms with Crippen molar-refractivity contribution >= 4 is 29.8 Å². The number of methoxy groups -OCH3 is 1. The van der Waals surface area contributed by atoms with E-state index in [0.29, 0.717) is 0 Å². The van der Waals surface area contributed by atoms with Gasteiger partial charge in [-0.25, -0.2) is 9.78 Å². The van der Waals surface area contributed by atoms with Crippen molar-refractivity contribution in [1.82, 2.24) is 10.3 Å². The summed E-state index contributed by atoms with van der Waals surface area (Å²) >= 11 is 0. The molecule has 0 bridgehead atoms. The van der Waals surface area contributed by atoms with E-state index in [-0.39, 0.29) is 23.6 Å². The highest BCUT2D eigenvalue weighted by Gasteiger charge is 2.42. The van der Waals surface area contributed by atoms with Crippen LogP contribution in [-0.2, 0) is 44.5 Å². The molecule has 2 aromatic rings. The molecule has 0 spiro atoms. The molecule has 3 rings (SSSR count). The normalized spacial score (nSPS) is 21.2. The number of rotatable bonds is 10. The lowest BCUT2D eigenvalue weighted by Gasteiger charge is -2.29. The number of pyridine rings is 1. The van der Waals surface area contributed by atoms with E-state index in [1.807, 2.05) is 18.2 Å². The molecule has 1 amide bonds. The van der Waals surface area contributed by atoms with Gasteiger partial charge in [0, 0.05) is 26.1 Å². The number of hydrogen-bond acceptors (Lipinski definition) is 12. The van der Waals surface area contributed by atoms with Crippen LogP contribution in [0.5, 0.6) is 11.5 Å². The Morgan fingerprint density at radius 1 is 1.07 bits per heavy atom. The Kier molecular flexibility index (Phi) is 11.4. The molecule has 13 nitrogen and oxygen atoms in total. The number of carbonyl (C=O) groups is 5. The summed E-state index contributed by atoms with van der Waals surface area (Å²) in [5, 5.41) is 2.46. The first-order valence-corrected chi connectivity index (χ1v) is 13.7. The molecule has 1 aliphatic rings. The minimum Gasteiger partial charge on any atom is -0.493 e. The van der Waals surface area contributed by atoms with Crippen LogP contribution in [0.3, 0.4) is 0 Å². The van der Waals surface area contributed by atoms with Crippen molar-refractivity contribution in [2.24, 2.45) is 11.8 Å². The number of esters is 4. The van der Waals surface area contributed by atoms with Crippen LogP contribution in [0.1, 0.15) is 50.7 Å². The second-order valence-electron chi connectivity index (χ2n) is 10.1. The van der Waals surface area contributed by atoms with E-state index in [1.54, 1.807) is 26.0 Å². The Labute approximate surface area is 249 Å². The third-order valence-corrected chi connectivity index (χ3v) is 6.39. The molecule has 1 aromatic carbocycles. The molecule has 43 heavy (non-hydrogen) atoms. The first-order valence-electron chi connectivity index (χ1n) is 13.7. The van der Waals surface area contributed by atoms with Crippen LogP contribution in [0.4, 0.5) is 0 Å². The molecule has 232 valence electrons. The Morgan fingerprint density at radius 3 is 2.40 bits per heavy atom. The van der Waals surface area contributed by atoms with Crippen LogP contribution in [0.25, 0.3) is 0 Å². The van der Waals surface area contributed by atoms with Gasteiger partial charge in [0.05, 0.1) is 13.0 Å². The zero-order valence-corrected chi connectivity index (χ0v) is 24.9. The molecule has 2 unspecified atom stereocenters. The number of aromatic nitrogens is 1. The summed E-state index contributed by atoms with van der Waals surface area (Å²) in [6.45, 7) is 6.83. The summed E-state index contributed by atoms with van der Waals surface area (Å²) < 4.78 is 32.6. The number of cyclic esters (lactones) is 2. The first-order chi connectivity index (χ1) is 20.4. The second kappa shape index (κ2) is 15.0. The van der Waals surface area contributed by atoms with Crippen molar-refractivity contribution in [3.63, 3.8) is 0 Å². The average Bonchev–Trinajstić information content (AvgIpc) is 2.99.